The van der Waals surface area contributed by atoms with Crippen molar-refractivity contribution in [2.75, 3.05) is 4.72 Å². The smallest absolute Gasteiger partial charge is 0.271 e. The highest BCUT2D eigenvalue weighted by molar-refractivity contribution is 7.93. The van der Waals surface area contributed by atoms with Crippen LogP contribution in [0.4, 0.5) is 11.4 Å². The molecule has 0 saturated heterocycles. The summed E-state index contributed by atoms with van der Waals surface area (Å²) in [7, 11) is -3.88. The van der Waals surface area contributed by atoms with Crippen LogP contribution < -0.4 is 4.72 Å². The van der Waals surface area contributed by atoms with Gasteiger partial charge in [-0.3, -0.25) is 14.8 Å². The molecule has 1 aromatic carbocycles. The molecule has 0 spiro atoms. The normalized spacial score (nSPS) is 12.5. The summed E-state index contributed by atoms with van der Waals surface area (Å²) in [5.74, 6) is 0. The Hall–Kier alpha value is -1.85. The van der Waals surface area contributed by atoms with Gasteiger partial charge in [-0.15, -0.1) is 0 Å². The second kappa shape index (κ2) is 5.20. The van der Waals surface area contributed by atoms with Crippen molar-refractivity contribution in [3.05, 3.63) is 33.3 Å². The number of nitro groups is 1. The molecule has 0 aliphatic rings. The monoisotopic (exact) mass is 289 g/mol. The first-order valence-corrected chi connectivity index (χ1v) is 6.55. The van der Waals surface area contributed by atoms with Crippen molar-refractivity contribution in [3.63, 3.8) is 0 Å². The lowest BCUT2D eigenvalue weighted by Gasteiger charge is -2.10. The van der Waals surface area contributed by atoms with Crippen molar-refractivity contribution in [3.8, 4) is 6.07 Å². The number of nitrogens with zero attached hydrogens (tertiary/aromatic N) is 2. The van der Waals surface area contributed by atoms with Gasteiger partial charge in [0.15, 0.2) is 5.25 Å². The van der Waals surface area contributed by atoms with Gasteiger partial charge in [-0.25, -0.2) is 8.42 Å². The predicted molar refractivity (Wildman–Crippen MR) is 65.7 cm³/mol. The molecular weight excluding hydrogens is 282 g/mol. The zero-order valence-electron chi connectivity index (χ0n) is 9.12. The van der Waals surface area contributed by atoms with Crippen LogP contribution in [0.1, 0.15) is 6.92 Å². The summed E-state index contributed by atoms with van der Waals surface area (Å²) in [6.07, 6.45) is 0. The molecule has 1 unspecified atom stereocenters. The zero-order chi connectivity index (χ0) is 13.9. The highest BCUT2D eigenvalue weighted by atomic mass is 35.5. The number of sulfonamides is 1. The minimum Gasteiger partial charge on any atom is -0.281 e. The van der Waals surface area contributed by atoms with E-state index in [1.54, 1.807) is 6.07 Å². The van der Waals surface area contributed by atoms with Crippen LogP contribution in [-0.4, -0.2) is 18.6 Å². The van der Waals surface area contributed by atoms with Crippen LogP contribution in [0.25, 0.3) is 0 Å². The average Bonchev–Trinajstić information content (AvgIpc) is 2.30. The van der Waals surface area contributed by atoms with Gasteiger partial charge in [-0.05, 0) is 13.0 Å². The fraction of sp³-hybridized carbons (Fsp3) is 0.222. The summed E-state index contributed by atoms with van der Waals surface area (Å²) >= 11 is 5.71. The van der Waals surface area contributed by atoms with Crippen LogP contribution in [0.3, 0.4) is 0 Å². The van der Waals surface area contributed by atoms with Gasteiger partial charge in [0.1, 0.15) is 0 Å². The summed E-state index contributed by atoms with van der Waals surface area (Å²) in [6, 6.07) is 4.88. The van der Waals surface area contributed by atoms with Gasteiger partial charge in [0.05, 0.1) is 21.7 Å². The van der Waals surface area contributed by atoms with E-state index in [9.17, 15) is 18.5 Å². The maximum Gasteiger partial charge on any atom is 0.271 e. The Kier molecular flexibility index (Phi) is 4.11. The van der Waals surface area contributed by atoms with Crippen molar-refractivity contribution >= 4 is 33.0 Å². The third kappa shape index (κ3) is 3.09. The molecule has 1 atom stereocenters. The molecule has 0 aromatic heterocycles. The number of rotatable bonds is 4. The highest BCUT2D eigenvalue weighted by Crippen LogP contribution is 2.27. The zero-order valence-corrected chi connectivity index (χ0v) is 10.7. The average molecular weight is 290 g/mol. The minimum absolute atomic E-state index is 0.00985. The number of anilines is 1. The molecule has 7 nitrogen and oxygen atoms in total. The van der Waals surface area contributed by atoms with Crippen molar-refractivity contribution in [1.29, 1.82) is 5.26 Å². The van der Waals surface area contributed by atoms with Crippen molar-refractivity contribution in [2.45, 2.75) is 12.2 Å². The molecular formula is C9H8ClN3O4S. The van der Waals surface area contributed by atoms with Gasteiger partial charge >= 0.3 is 0 Å². The molecule has 0 saturated carbocycles. The first kappa shape index (κ1) is 14.2. The second-order valence-corrected chi connectivity index (χ2v) is 5.75. The molecule has 0 aliphatic carbocycles. The van der Waals surface area contributed by atoms with E-state index in [-0.39, 0.29) is 16.4 Å². The van der Waals surface area contributed by atoms with E-state index in [1.807, 2.05) is 0 Å². The molecule has 0 bridgehead atoms. The fourth-order valence-electron chi connectivity index (χ4n) is 1.01. The summed E-state index contributed by atoms with van der Waals surface area (Å²) in [5, 5.41) is 17.6. The number of hydrogen-bond acceptors (Lipinski definition) is 5. The van der Waals surface area contributed by atoms with Gasteiger partial charge < -0.3 is 0 Å². The molecule has 1 N–H and O–H groups in total. The summed E-state index contributed by atoms with van der Waals surface area (Å²) < 4.78 is 25.3. The Morgan fingerprint density at radius 2 is 2.17 bits per heavy atom. The van der Waals surface area contributed by atoms with E-state index in [0.29, 0.717) is 0 Å². The van der Waals surface area contributed by atoms with Crippen LogP contribution >= 0.6 is 11.6 Å². The molecule has 0 fully saturated rings. The van der Waals surface area contributed by atoms with Crippen molar-refractivity contribution in [1.82, 2.24) is 0 Å². The quantitative estimate of drug-likeness (QED) is 0.671. The molecule has 0 heterocycles. The SMILES string of the molecule is CC(C#N)S(=O)(=O)Nc1ccc([N+](=O)[O-])cc1Cl. The van der Waals surface area contributed by atoms with E-state index in [2.05, 4.69) is 4.72 Å². The Labute approximate surface area is 108 Å². The fourth-order valence-corrected chi connectivity index (χ4v) is 2.09. The van der Waals surface area contributed by atoms with E-state index < -0.39 is 20.2 Å². The Morgan fingerprint density at radius 1 is 1.56 bits per heavy atom. The van der Waals surface area contributed by atoms with Crippen LogP contribution in [0.2, 0.25) is 5.02 Å². The second-order valence-electron chi connectivity index (χ2n) is 3.34. The summed E-state index contributed by atoms with van der Waals surface area (Å²) in [6.45, 7) is 1.21. The first-order chi connectivity index (χ1) is 8.27. The Bertz CT molecular complexity index is 623. The predicted octanol–water partition coefficient (Wildman–Crippen LogP) is 1.90. The van der Waals surface area contributed by atoms with Crippen molar-refractivity contribution in [2.24, 2.45) is 0 Å². The molecule has 9 heteroatoms. The minimum atomic E-state index is -3.88. The van der Waals surface area contributed by atoms with Gasteiger partial charge in [0.2, 0.25) is 10.0 Å². The van der Waals surface area contributed by atoms with Crippen LogP contribution in [0.15, 0.2) is 18.2 Å². The van der Waals surface area contributed by atoms with Gasteiger partial charge in [-0.1, -0.05) is 11.6 Å². The van der Waals surface area contributed by atoms with Gasteiger partial charge in [0, 0.05) is 12.1 Å². The number of nitriles is 1. The summed E-state index contributed by atoms with van der Waals surface area (Å²) in [5.41, 5.74) is -0.263. The molecule has 1 rings (SSSR count). The molecule has 18 heavy (non-hydrogen) atoms. The lowest BCUT2D eigenvalue weighted by Crippen LogP contribution is -2.23. The number of halogens is 1. The number of non-ortho nitro benzene ring substituents is 1. The van der Waals surface area contributed by atoms with Crippen LogP contribution in [0.5, 0.6) is 0 Å². The maximum atomic E-state index is 11.6. The molecule has 0 aliphatic heterocycles. The standard InChI is InChI=1S/C9H8ClN3O4S/c1-6(5-11)18(16,17)12-9-3-2-7(13(14)15)4-8(9)10/h2-4,6,12H,1H3. The number of benzene rings is 1. The van der Waals surface area contributed by atoms with E-state index in [4.69, 9.17) is 16.9 Å². The summed E-state index contributed by atoms with van der Waals surface area (Å²) in [4.78, 5) is 9.82. The number of hydrogen-bond donors (Lipinski definition) is 1. The van der Waals surface area contributed by atoms with E-state index in [1.165, 1.54) is 13.0 Å². The highest BCUT2D eigenvalue weighted by Gasteiger charge is 2.21. The lowest BCUT2D eigenvalue weighted by atomic mass is 10.3. The number of nitro benzene ring substituents is 1. The lowest BCUT2D eigenvalue weighted by molar-refractivity contribution is -0.384. The van der Waals surface area contributed by atoms with Gasteiger partial charge in [-0.2, -0.15) is 5.26 Å². The van der Waals surface area contributed by atoms with Gasteiger partial charge in [0.25, 0.3) is 5.69 Å². The molecule has 1 aromatic rings. The Morgan fingerprint density at radius 3 is 2.61 bits per heavy atom. The Balaban J connectivity index is 3.08. The van der Waals surface area contributed by atoms with Crippen LogP contribution in [0, 0.1) is 21.4 Å². The number of nitrogens with one attached hydrogen (secondary N) is 1. The maximum absolute atomic E-state index is 11.6. The molecule has 0 amide bonds. The first-order valence-electron chi connectivity index (χ1n) is 4.63. The van der Waals surface area contributed by atoms with E-state index in [0.717, 1.165) is 12.1 Å². The third-order valence-electron chi connectivity index (χ3n) is 2.06. The van der Waals surface area contributed by atoms with E-state index >= 15 is 0 Å². The largest absolute Gasteiger partial charge is 0.281 e. The topological polar surface area (TPSA) is 113 Å². The third-order valence-corrected chi connectivity index (χ3v) is 3.92. The molecule has 0 radical (unpaired) electrons. The van der Waals surface area contributed by atoms with Crippen LogP contribution in [-0.2, 0) is 10.0 Å². The molecule has 96 valence electrons. The van der Waals surface area contributed by atoms with Crippen molar-refractivity contribution < 1.29 is 13.3 Å².